The van der Waals surface area contributed by atoms with Crippen LogP contribution >= 0.6 is 0 Å². The highest BCUT2D eigenvalue weighted by molar-refractivity contribution is 5.87. The number of nitrogens with zero attached hydrogens (tertiary/aromatic N) is 2. The lowest BCUT2D eigenvalue weighted by atomic mass is 10.3. The molecule has 3 N–H and O–H groups in total. The molecule has 1 heterocycles. The van der Waals surface area contributed by atoms with Crippen LogP contribution in [0.5, 0.6) is 0 Å². The lowest BCUT2D eigenvalue weighted by Gasteiger charge is -2.03. The van der Waals surface area contributed by atoms with Crippen molar-refractivity contribution in [2.24, 2.45) is 5.73 Å². The number of halogens is 3. The Balaban J connectivity index is 2.28. The van der Waals surface area contributed by atoms with E-state index in [0.717, 1.165) is 0 Å². The summed E-state index contributed by atoms with van der Waals surface area (Å²) in [6.07, 6.45) is 0. The van der Waals surface area contributed by atoms with E-state index >= 15 is 0 Å². The summed E-state index contributed by atoms with van der Waals surface area (Å²) in [5.41, 5.74) is 4.43. The van der Waals surface area contributed by atoms with Gasteiger partial charge < -0.3 is 15.5 Å². The van der Waals surface area contributed by atoms with Crippen LogP contribution in [0, 0.1) is 17.5 Å². The quantitative estimate of drug-likeness (QED) is 0.810. The minimum absolute atomic E-state index is 0.350. The Bertz CT molecular complexity index is 614. The smallest absolute Gasteiger partial charge is 0.320 e. The molecule has 0 aliphatic carbocycles. The maximum atomic E-state index is 13.2. The molecule has 0 aliphatic rings. The van der Waals surface area contributed by atoms with Crippen LogP contribution in [0.15, 0.2) is 16.5 Å². The van der Waals surface area contributed by atoms with Crippen LogP contribution in [-0.2, 0) is 0 Å². The number of benzene rings is 1. The summed E-state index contributed by atoms with van der Waals surface area (Å²) < 4.78 is 43.4. The van der Waals surface area contributed by atoms with Crippen LogP contribution in [0.2, 0.25) is 0 Å². The highest BCUT2D eigenvalue weighted by Crippen LogP contribution is 2.21. The molecule has 2 rings (SSSR count). The van der Waals surface area contributed by atoms with Gasteiger partial charge in [-0.3, -0.25) is 4.79 Å². The second kappa shape index (κ2) is 4.35. The van der Waals surface area contributed by atoms with Crippen LogP contribution in [0.25, 0.3) is 0 Å². The van der Waals surface area contributed by atoms with Gasteiger partial charge in [0, 0.05) is 12.1 Å². The van der Waals surface area contributed by atoms with E-state index in [1.807, 2.05) is 0 Å². The molecule has 0 spiro atoms. The number of hydrogen-bond donors (Lipinski definition) is 2. The van der Waals surface area contributed by atoms with Crippen molar-refractivity contribution in [2.75, 3.05) is 5.32 Å². The van der Waals surface area contributed by atoms with Crippen molar-refractivity contribution in [3.63, 3.8) is 0 Å². The van der Waals surface area contributed by atoms with Crippen molar-refractivity contribution >= 4 is 17.6 Å². The highest BCUT2D eigenvalue weighted by atomic mass is 19.2. The lowest BCUT2D eigenvalue weighted by Crippen LogP contribution is -2.11. The molecule has 94 valence electrons. The van der Waals surface area contributed by atoms with Crippen LogP contribution < -0.4 is 11.1 Å². The number of nitrogens with one attached hydrogen (secondary N) is 1. The molecule has 0 saturated heterocycles. The number of carbonyl (C=O) groups excluding carboxylic acids is 1. The van der Waals surface area contributed by atoms with Gasteiger partial charge in [-0.1, -0.05) is 5.10 Å². The number of amides is 1. The van der Waals surface area contributed by atoms with E-state index in [4.69, 9.17) is 5.73 Å². The van der Waals surface area contributed by atoms with E-state index < -0.39 is 34.9 Å². The minimum atomic E-state index is -1.33. The fraction of sp³-hybridized carbons (Fsp3) is 0. The number of carbonyl (C=O) groups is 1. The molecule has 0 aliphatic heterocycles. The lowest BCUT2D eigenvalue weighted by molar-refractivity contribution is 0.0968. The van der Waals surface area contributed by atoms with Crippen molar-refractivity contribution < 1.29 is 22.4 Å². The molecule has 0 fully saturated rings. The first kappa shape index (κ1) is 11.9. The molecule has 0 atom stereocenters. The van der Waals surface area contributed by atoms with Crippen molar-refractivity contribution in [3.8, 4) is 0 Å². The van der Waals surface area contributed by atoms with Crippen molar-refractivity contribution in [2.45, 2.75) is 0 Å². The summed E-state index contributed by atoms with van der Waals surface area (Å²) in [4.78, 5) is 10.6. The average molecular weight is 258 g/mol. The molecule has 0 bridgehead atoms. The largest absolute Gasteiger partial charge is 0.399 e. The summed E-state index contributed by atoms with van der Waals surface area (Å²) in [5.74, 6) is -5.12. The van der Waals surface area contributed by atoms with Crippen LogP contribution in [-0.4, -0.2) is 16.1 Å². The molecule has 1 aromatic heterocycles. The van der Waals surface area contributed by atoms with Gasteiger partial charge in [0.1, 0.15) is 5.82 Å². The van der Waals surface area contributed by atoms with Crippen molar-refractivity contribution in [1.82, 2.24) is 10.2 Å². The molecule has 0 radical (unpaired) electrons. The molecule has 9 heteroatoms. The normalized spacial score (nSPS) is 10.4. The average Bonchev–Trinajstić information content (AvgIpc) is 2.74. The summed E-state index contributed by atoms with van der Waals surface area (Å²) in [6, 6.07) is 0.538. The predicted octanol–water partition coefficient (Wildman–Crippen LogP) is 1.33. The molecule has 6 nitrogen and oxygen atoms in total. The Morgan fingerprint density at radius 2 is 1.83 bits per heavy atom. The van der Waals surface area contributed by atoms with E-state index in [-0.39, 0.29) is 6.01 Å². The number of rotatable bonds is 3. The van der Waals surface area contributed by atoms with Crippen LogP contribution in [0.4, 0.5) is 24.9 Å². The Morgan fingerprint density at radius 3 is 2.44 bits per heavy atom. The minimum Gasteiger partial charge on any atom is -0.399 e. The summed E-state index contributed by atoms with van der Waals surface area (Å²) in [6.45, 7) is 0. The third-order valence-corrected chi connectivity index (χ3v) is 1.89. The monoisotopic (exact) mass is 258 g/mol. The van der Waals surface area contributed by atoms with Crippen LogP contribution in [0.1, 0.15) is 10.7 Å². The molecule has 0 unspecified atom stereocenters. The number of aromatic nitrogens is 2. The first-order valence-corrected chi connectivity index (χ1v) is 4.52. The van der Waals surface area contributed by atoms with E-state index in [2.05, 4.69) is 19.9 Å². The molecule has 0 saturated carbocycles. The molecular formula is C9H5F3N4O2. The second-order valence-corrected chi connectivity index (χ2v) is 3.15. The third-order valence-electron chi connectivity index (χ3n) is 1.89. The van der Waals surface area contributed by atoms with Gasteiger partial charge in [0.05, 0.1) is 5.69 Å². The fourth-order valence-corrected chi connectivity index (χ4v) is 1.11. The zero-order valence-corrected chi connectivity index (χ0v) is 8.58. The van der Waals surface area contributed by atoms with E-state index in [1.54, 1.807) is 0 Å². The van der Waals surface area contributed by atoms with Gasteiger partial charge in [0.25, 0.3) is 0 Å². The number of hydrogen-bond acceptors (Lipinski definition) is 5. The van der Waals surface area contributed by atoms with E-state index in [9.17, 15) is 18.0 Å². The second-order valence-electron chi connectivity index (χ2n) is 3.15. The first-order chi connectivity index (χ1) is 8.47. The maximum Gasteiger partial charge on any atom is 0.320 e. The summed E-state index contributed by atoms with van der Waals surface area (Å²) in [7, 11) is 0. The first-order valence-electron chi connectivity index (χ1n) is 4.52. The Hall–Kier alpha value is -2.58. The molecule has 18 heavy (non-hydrogen) atoms. The highest BCUT2D eigenvalue weighted by Gasteiger charge is 2.14. The topological polar surface area (TPSA) is 94.0 Å². The molecular weight excluding hydrogens is 253 g/mol. The Morgan fingerprint density at radius 1 is 1.17 bits per heavy atom. The Labute approximate surface area is 97.6 Å². The molecule has 1 amide bonds. The summed E-state index contributed by atoms with van der Waals surface area (Å²) >= 11 is 0. The Kier molecular flexibility index (Phi) is 2.88. The zero-order chi connectivity index (χ0) is 13.3. The maximum absolute atomic E-state index is 13.2. The predicted molar refractivity (Wildman–Crippen MR) is 52.4 cm³/mol. The van der Waals surface area contributed by atoms with Gasteiger partial charge in [0.15, 0.2) is 11.6 Å². The number of primary amides is 1. The third kappa shape index (κ3) is 2.24. The standard InChI is InChI=1S/C9H5F3N4O2/c10-3-1-5(12)6(2-4(3)11)14-9-16-15-8(18-9)7(13)17/h1-2H,(H2,13,17)(H,14,16). The van der Waals surface area contributed by atoms with Gasteiger partial charge in [-0.25, -0.2) is 13.2 Å². The molecule has 2 aromatic rings. The fourth-order valence-electron chi connectivity index (χ4n) is 1.11. The van der Waals surface area contributed by atoms with Gasteiger partial charge in [-0.05, 0) is 0 Å². The number of anilines is 2. The van der Waals surface area contributed by atoms with Crippen molar-refractivity contribution in [1.29, 1.82) is 0 Å². The van der Waals surface area contributed by atoms with Gasteiger partial charge >= 0.3 is 17.8 Å². The van der Waals surface area contributed by atoms with Gasteiger partial charge in [-0.15, -0.1) is 5.10 Å². The molecule has 1 aromatic carbocycles. The van der Waals surface area contributed by atoms with Crippen LogP contribution in [0.3, 0.4) is 0 Å². The van der Waals surface area contributed by atoms with E-state index in [0.29, 0.717) is 12.1 Å². The zero-order valence-electron chi connectivity index (χ0n) is 8.58. The van der Waals surface area contributed by atoms with Crippen molar-refractivity contribution in [3.05, 3.63) is 35.5 Å². The summed E-state index contributed by atoms with van der Waals surface area (Å²) in [5, 5.41) is 8.74. The van der Waals surface area contributed by atoms with E-state index in [1.165, 1.54) is 0 Å². The number of nitrogens with two attached hydrogens (primary N) is 1. The van der Waals surface area contributed by atoms with Gasteiger partial charge in [0.2, 0.25) is 0 Å². The SMILES string of the molecule is NC(=O)c1nnc(Nc2cc(F)c(F)cc2F)o1. The van der Waals surface area contributed by atoms with Gasteiger partial charge in [-0.2, -0.15) is 0 Å².